The monoisotopic (exact) mass is 500 g/mol. The van der Waals surface area contributed by atoms with E-state index in [0.717, 1.165) is 4.90 Å². The van der Waals surface area contributed by atoms with E-state index in [2.05, 4.69) is 0 Å². The minimum atomic E-state index is -5.27. The normalized spacial score (nSPS) is 22.4. The number of methoxy groups -OCH3 is 1. The van der Waals surface area contributed by atoms with Crippen LogP contribution in [0.5, 0.6) is 5.75 Å². The van der Waals surface area contributed by atoms with Gasteiger partial charge in [-0.05, 0) is 48.6 Å². The number of ketones is 1. The second-order valence-electron chi connectivity index (χ2n) is 9.95. The number of carbonyl (C=O) groups excluding carboxylic acids is 3. The highest BCUT2D eigenvalue weighted by atomic mass is 19.4. The standard InChI is InChI=1S/C27H27F3N2O4/c1-16(17-8-6-5-7-9-17)32-20-14-25(2,3)15-21(33)22(20)26(24(32)35,27(28,29)30)31-23(34)18-10-12-19(36-4)13-11-18/h5-13,16H,14-15H2,1-4H3,(H,31,34)/t16-,26-/m0/s1. The molecule has 1 aliphatic heterocycles. The third-order valence-corrected chi connectivity index (χ3v) is 6.81. The summed E-state index contributed by atoms with van der Waals surface area (Å²) in [6, 6.07) is 13.3. The lowest BCUT2D eigenvalue weighted by Gasteiger charge is -2.35. The Bertz CT molecular complexity index is 1240. The van der Waals surface area contributed by atoms with Gasteiger partial charge in [0, 0.05) is 17.7 Å². The van der Waals surface area contributed by atoms with Crippen molar-refractivity contribution in [2.75, 3.05) is 7.11 Å². The Balaban J connectivity index is 1.88. The molecule has 0 unspecified atom stereocenters. The zero-order valence-corrected chi connectivity index (χ0v) is 20.4. The molecule has 1 heterocycles. The number of benzene rings is 2. The second-order valence-corrected chi connectivity index (χ2v) is 9.95. The molecule has 190 valence electrons. The predicted octanol–water partition coefficient (Wildman–Crippen LogP) is 4.97. The van der Waals surface area contributed by atoms with Crippen LogP contribution in [-0.2, 0) is 9.59 Å². The van der Waals surface area contributed by atoms with Crippen LogP contribution in [0.3, 0.4) is 0 Å². The summed E-state index contributed by atoms with van der Waals surface area (Å²) in [4.78, 5) is 41.3. The van der Waals surface area contributed by atoms with Crippen molar-refractivity contribution in [2.45, 2.75) is 51.4 Å². The van der Waals surface area contributed by atoms with E-state index in [4.69, 9.17) is 4.74 Å². The molecule has 4 rings (SSSR count). The molecule has 0 spiro atoms. The Hall–Kier alpha value is -3.62. The van der Waals surface area contributed by atoms with Crippen LogP contribution in [0.25, 0.3) is 0 Å². The van der Waals surface area contributed by atoms with E-state index in [1.807, 2.05) is 5.32 Å². The topological polar surface area (TPSA) is 75.7 Å². The Morgan fingerprint density at radius 3 is 2.19 bits per heavy atom. The number of Topliss-reactive ketones (excluding diaryl/α,β-unsaturated/α-hetero) is 1. The van der Waals surface area contributed by atoms with Crippen LogP contribution in [0.4, 0.5) is 13.2 Å². The maximum atomic E-state index is 15.0. The van der Waals surface area contributed by atoms with Gasteiger partial charge in [0.25, 0.3) is 11.8 Å². The molecule has 2 aliphatic rings. The van der Waals surface area contributed by atoms with E-state index < -0.39 is 46.3 Å². The SMILES string of the molecule is COc1ccc(C(=O)N[C@]2(C(F)(F)F)C(=O)N([C@@H](C)c3ccccc3)C3=C2C(=O)CC(C)(C)C3)cc1. The molecule has 0 radical (unpaired) electrons. The summed E-state index contributed by atoms with van der Waals surface area (Å²) < 4.78 is 49.9. The van der Waals surface area contributed by atoms with Gasteiger partial charge in [0.2, 0.25) is 5.54 Å². The minimum absolute atomic E-state index is 0.00459. The van der Waals surface area contributed by atoms with Gasteiger partial charge in [-0.1, -0.05) is 44.2 Å². The summed E-state index contributed by atoms with van der Waals surface area (Å²) in [7, 11) is 1.41. The highest BCUT2D eigenvalue weighted by Gasteiger charge is 2.72. The molecular formula is C27H27F3N2O4. The van der Waals surface area contributed by atoms with Gasteiger partial charge in [-0.15, -0.1) is 0 Å². The van der Waals surface area contributed by atoms with Crippen LogP contribution in [0.15, 0.2) is 65.9 Å². The van der Waals surface area contributed by atoms with Gasteiger partial charge in [0.05, 0.1) is 18.7 Å². The largest absolute Gasteiger partial charge is 0.497 e. The fraction of sp³-hybridized carbons (Fsp3) is 0.370. The van der Waals surface area contributed by atoms with Gasteiger partial charge in [-0.25, -0.2) is 0 Å². The van der Waals surface area contributed by atoms with Crippen LogP contribution in [0, 0.1) is 5.41 Å². The molecule has 0 saturated carbocycles. The fourth-order valence-electron chi connectivity index (χ4n) is 5.05. The maximum absolute atomic E-state index is 15.0. The average Bonchev–Trinajstić information content (AvgIpc) is 3.06. The van der Waals surface area contributed by atoms with Crippen LogP contribution >= 0.6 is 0 Å². The quantitative estimate of drug-likeness (QED) is 0.629. The molecule has 2 aromatic rings. The van der Waals surface area contributed by atoms with E-state index >= 15 is 0 Å². The molecule has 0 bridgehead atoms. The van der Waals surface area contributed by atoms with Crippen LogP contribution in [-0.4, -0.2) is 41.3 Å². The zero-order chi connectivity index (χ0) is 26.5. The second kappa shape index (κ2) is 8.80. The third kappa shape index (κ3) is 4.06. The Morgan fingerprint density at radius 1 is 1.03 bits per heavy atom. The Morgan fingerprint density at radius 2 is 1.64 bits per heavy atom. The summed E-state index contributed by atoms with van der Waals surface area (Å²) in [5.41, 5.74) is -4.34. The number of carbonyl (C=O) groups is 3. The number of amides is 2. The summed E-state index contributed by atoms with van der Waals surface area (Å²) >= 11 is 0. The highest BCUT2D eigenvalue weighted by molar-refractivity contribution is 6.14. The lowest BCUT2D eigenvalue weighted by Crippen LogP contribution is -2.66. The van der Waals surface area contributed by atoms with E-state index in [0.29, 0.717) is 11.3 Å². The van der Waals surface area contributed by atoms with E-state index in [9.17, 15) is 27.6 Å². The number of allylic oxidation sites excluding steroid dienone is 1. The van der Waals surface area contributed by atoms with Crippen molar-refractivity contribution in [3.8, 4) is 5.75 Å². The Labute approximate surface area is 207 Å². The fourth-order valence-corrected chi connectivity index (χ4v) is 5.05. The van der Waals surface area contributed by atoms with Gasteiger partial charge < -0.3 is 15.0 Å². The van der Waals surface area contributed by atoms with Gasteiger partial charge >= 0.3 is 6.18 Å². The van der Waals surface area contributed by atoms with Crippen LogP contribution < -0.4 is 10.1 Å². The Kier molecular flexibility index (Phi) is 6.22. The molecule has 0 aromatic heterocycles. The van der Waals surface area contributed by atoms with Crippen molar-refractivity contribution >= 4 is 17.6 Å². The van der Waals surface area contributed by atoms with Crippen molar-refractivity contribution in [2.24, 2.45) is 5.41 Å². The molecule has 2 atom stereocenters. The number of hydrogen-bond donors (Lipinski definition) is 1. The summed E-state index contributed by atoms with van der Waals surface area (Å²) in [6.07, 6.45) is -5.37. The molecule has 9 heteroatoms. The lowest BCUT2D eigenvalue weighted by atomic mass is 9.72. The molecule has 2 amide bonds. The molecule has 2 aromatic carbocycles. The number of hydrogen-bond acceptors (Lipinski definition) is 4. The number of ether oxygens (including phenoxy) is 1. The van der Waals surface area contributed by atoms with Crippen molar-refractivity contribution in [1.29, 1.82) is 0 Å². The van der Waals surface area contributed by atoms with Gasteiger partial charge in [-0.2, -0.15) is 13.2 Å². The number of halogens is 3. The number of nitrogens with one attached hydrogen (secondary N) is 1. The zero-order valence-electron chi connectivity index (χ0n) is 20.4. The van der Waals surface area contributed by atoms with E-state index in [-0.39, 0.29) is 24.1 Å². The molecule has 0 saturated heterocycles. The smallest absolute Gasteiger partial charge is 0.425 e. The van der Waals surface area contributed by atoms with Crippen molar-refractivity contribution in [3.63, 3.8) is 0 Å². The number of alkyl halides is 3. The van der Waals surface area contributed by atoms with Gasteiger partial charge in [0.15, 0.2) is 5.78 Å². The average molecular weight is 501 g/mol. The number of rotatable bonds is 5. The van der Waals surface area contributed by atoms with Crippen molar-refractivity contribution < 1.29 is 32.3 Å². The first-order chi connectivity index (χ1) is 16.8. The maximum Gasteiger partial charge on any atom is 0.425 e. The third-order valence-electron chi connectivity index (χ3n) is 6.81. The summed E-state index contributed by atoms with van der Waals surface area (Å²) in [5.74, 6) is -2.90. The minimum Gasteiger partial charge on any atom is -0.497 e. The summed E-state index contributed by atoms with van der Waals surface area (Å²) in [6.45, 7) is 5.16. The van der Waals surface area contributed by atoms with E-state index in [1.165, 1.54) is 31.4 Å². The predicted molar refractivity (Wildman–Crippen MR) is 126 cm³/mol. The number of nitrogens with zero attached hydrogens (tertiary/aromatic N) is 1. The van der Waals surface area contributed by atoms with Crippen LogP contribution in [0.2, 0.25) is 0 Å². The first-order valence-electron chi connectivity index (χ1n) is 11.5. The van der Waals surface area contributed by atoms with Gasteiger partial charge in [-0.3, -0.25) is 14.4 Å². The van der Waals surface area contributed by atoms with E-state index in [1.54, 1.807) is 51.1 Å². The molecule has 36 heavy (non-hydrogen) atoms. The molecule has 1 aliphatic carbocycles. The van der Waals surface area contributed by atoms with Gasteiger partial charge in [0.1, 0.15) is 5.75 Å². The molecule has 1 N–H and O–H groups in total. The summed E-state index contributed by atoms with van der Waals surface area (Å²) in [5, 5.41) is 1.95. The first-order valence-corrected chi connectivity index (χ1v) is 11.5. The molecule has 0 fully saturated rings. The first kappa shape index (κ1) is 25.5. The van der Waals surface area contributed by atoms with Crippen molar-refractivity contribution in [1.82, 2.24) is 10.2 Å². The molecular weight excluding hydrogens is 473 g/mol. The van der Waals surface area contributed by atoms with Crippen molar-refractivity contribution in [3.05, 3.63) is 77.0 Å². The van der Waals surface area contributed by atoms with Crippen LogP contribution in [0.1, 0.15) is 55.6 Å². The lowest BCUT2D eigenvalue weighted by molar-refractivity contribution is -0.191. The molecule has 6 nitrogen and oxygen atoms in total. The highest BCUT2D eigenvalue weighted by Crippen LogP contribution is 2.53.